The van der Waals surface area contributed by atoms with E-state index in [9.17, 15) is 0 Å². The van der Waals surface area contributed by atoms with Crippen molar-refractivity contribution >= 4 is 23.5 Å². The van der Waals surface area contributed by atoms with E-state index >= 15 is 26.3 Å². The Labute approximate surface area is 275 Å². The van der Waals surface area contributed by atoms with Gasteiger partial charge in [0.25, 0.3) is 0 Å². The second-order valence-corrected chi connectivity index (χ2v) is 11.8. The maximum atomic E-state index is 15.0. The Bertz CT molecular complexity index is 1830. The molecule has 10 heteroatoms. The first-order valence-corrected chi connectivity index (χ1v) is 15.9. The van der Waals surface area contributed by atoms with E-state index in [1.54, 1.807) is 12.1 Å². The van der Waals surface area contributed by atoms with Gasteiger partial charge < -0.3 is 9.15 Å². The normalized spacial score (nSPS) is 12.4. The Balaban J connectivity index is 1.51. The molecule has 0 amide bonds. The third kappa shape index (κ3) is 6.98. The number of benzene rings is 4. The minimum Gasteiger partial charge on any atom is -0.487 e. The number of oxazole rings is 1. The van der Waals surface area contributed by atoms with Crippen molar-refractivity contribution in [1.82, 2.24) is 4.98 Å². The number of nitrogens with zero attached hydrogens (tertiary/aromatic N) is 2. The Morgan fingerprint density at radius 1 is 0.708 bits per heavy atom. The fraction of sp³-hybridized carbons (Fsp3) is 0.316. The molecule has 0 radical (unpaired) electrons. The van der Waals surface area contributed by atoms with Crippen molar-refractivity contribution < 1.29 is 35.5 Å². The molecule has 4 aromatic carbocycles. The molecule has 0 aliphatic heterocycles. The number of rotatable bonds is 13. The van der Waals surface area contributed by atoms with E-state index in [2.05, 4.69) is 30.5 Å². The smallest absolute Gasteiger partial charge is 0.411 e. The summed E-state index contributed by atoms with van der Waals surface area (Å²) in [6, 6.07) is 20.2. The minimum absolute atomic E-state index is 0.000587. The van der Waals surface area contributed by atoms with Crippen LogP contribution >= 0.6 is 0 Å². The Morgan fingerprint density at radius 2 is 1.25 bits per heavy atom. The van der Waals surface area contributed by atoms with E-state index in [1.807, 2.05) is 36.4 Å². The highest BCUT2D eigenvalue weighted by molar-refractivity contribution is 5.78. The molecule has 252 valence electrons. The van der Waals surface area contributed by atoms with Gasteiger partial charge in [-0.3, -0.25) is 4.99 Å². The maximum absolute atomic E-state index is 15.0. The molecule has 0 fully saturated rings. The highest BCUT2D eigenvalue weighted by Crippen LogP contribution is 2.57. The van der Waals surface area contributed by atoms with Gasteiger partial charge in [-0.25, -0.2) is 4.98 Å². The molecule has 0 N–H and O–H groups in total. The zero-order valence-corrected chi connectivity index (χ0v) is 26.7. The van der Waals surface area contributed by atoms with Gasteiger partial charge >= 0.3 is 12.4 Å². The van der Waals surface area contributed by atoms with E-state index < -0.39 is 28.9 Å². The number of hydrogen-bond acceptors (Lipinski definition) is 4. The third-order valence-electron chi connectivity index (χ3n) is 8.49. The first kappa shape index (κ1) is 34.7. The Kier molecular flexibility index (Phi) is 10.3. The monoisotopic (exact) mass is 666 g/mol. The van der Waals surface area contributed by atoms with E-state index in [0.717, 1.165) is 91.6 Å². The molecule has 5 rings (SSSR count). The number of alkyl halides is 6. The summed E-state index contributed by atoms with van der Waals surface area (Å²) >= 11 is 0. The first-order valence-electron chi connectivity index (χ1n) is 15.9. The van der Waals surface area contributed by atoms with Crippen LogP contribution in [-0.2, 0) is 24.9 Å². The van der Waals surface area contributed by atoms with Gasteiger partial charge in [0, 0.05) is 5.56 Å². The molecule has 0 spiro atoms. The predicted molar refractivity (Wildman–Crippen MR) is 176 cm³/mol. The van der Waals surface area contributed by atoms with Crippen molar-refractivity contribution in [3.8, 4) is 17.2 Å². The van der Waals surface area contributed by atoms with E-state index in [0.29, 0.717) is 5.56 Å². The molecule has 0 unspecified atom stereocenters. The quantitative estimate of drug-likeness (QED) is 0.0928. The SMILES string of the molecule is C=Nc1cc(C(c2ccc3oc(-c4ccc(CCCC)cc4)nc3c2)(C(F)(F)F)C(F)(F)F)ccc1OCc1ccc(CCCC)cc1. The van der Waals surface area contributed by atoms with Crippen molar-refractivity contribution in [2.24, 2.45) is 4.99 Å². The lowest BCUT2D eigenvalue weighted by atomic mass is 9.72. The number of fused-ring (bicyclic) bond motifs is 1. The standard InChI is InChI=1S/C38H36F6N2O2/c1-4-6-8-25-10-12-27(13-11-25)24-47-33-20-18-29(22-31(33)45-3)36(37(39,40)41,38(42,43)44)30-19-21-34-32(23-30)46-35(48-34)28-16-14-26(15-17-28)9-7-5-2/h10-23H,3-9,24H2,1-2H3. The molecule has 0 saturated carbocycles. The van der Waals surface area contributed by atoms with Gasteiger partial charge in [0.15, 0.2) is 5.58 Å². The zero-order valence-electron chi connectivity index (χ0n) is 26.7. The van der Waals surface area contributed by atoms with Gasteiger partial charge in [0.05, 0.1) is 0 Å². The minimum atomic E-state index is -5.81. The summed E-state index contributed by atoms with van der Waals surface area (Å²) in [5.74, 6) is 0.0865. The zero-order chi connectivity index (χ0) is 34.5. The molecule has 4 nitrogen and oxygen atoms in total. The predicted octanol–water partition coefficient (Wildman–Crippen LogP) is 11.5. The van der Waals surface area contributed by atoms with Crippen molar-refractivity contribution in [2.75, 3.05) is 0 Å². The van der Waals surface area contributed by atoms with Crippen LogP contribution < -0.4 is 4.74 Å². The fourth-order valence-electron chi connectivity index (χ4n) is 5.80. The summed E-state index contributed by atoms with van der Waals surface area (Å²) in [5.41, 5.74) is -3.31. The number of ether oxygens (including phenoxy) is 1. The average molecular weight is 667 g/mol. The number of hydrogen-bond donors (Lipinski definition) is 0. The largest absolute Gasteiger partial charge is 0.487 e. The van der Waals surface area contributed by atoms with Crippen LogP contribution in [0.4, 0.5) is 32.0 Å². The molecule has 0 atom stereocenters. The van der Waals surface area contributed by atoms with Gasteiger partial charge in [-0.15, -0.1) is 0 Å². The Morgan fingerprint density at radius 3 is 1.81 bits per heavy atom. The number of halogens is 6. The van der Waals surface area contributed by atoms with Crippen LogP contribution in [-0.4, -0.2) is 24.1 Å². The van der Waals surface area contributed by atoms with Gasteiger partial charge in [0.2, 0.25) is 11.3 Å². The van der Waals surface area contributed by atoms with Crippen molar-refractivity contribution in [3.05, 3.63) is 113 Å². The second kappa shape index (κ2) is 14.3. The van der Waals surface area contributed by atoms with Crippen molar-refractivity contribution in [3.63, 3.8) is 0 Å². The van der Waals surface area contributed by atoms with E-state index in [-0.39, 0.29) is 35.0 Å². The highest BCUT2D eigenvalue weighted by atomic mass is 19.4. The average Bonchev–Trinajstić information content (AvgIpc) is 3.49. The summed E-state index contributed by atoms with van der Waals surface area (Å²) in [6.45, 7) is 7.61. The number of aromatic nitrogens is 1. The Hall–Kier alpha value is -4.60. The molecule has 5 aromatic rings. The first-order chi connectivity index (χ1) is 22.9. The number of aryl methyl sites for hydroxylation is 2. The van der Waals surface area contributed by atoms with Crippen LogP contribution in [0.2, 0.25) is 0 Å². The molecule has 0 aliphatic carbocycles. The third-order valence-corrected chi connectivity index (χ3v) is 8.49. The van der Waals surface area contributed by atoms with Crippen LogP contribution in [0, 0.1) is 0 Å². The molecular formula is C38H36F6N2O2. The molecule has 1 heterocycles. The summed E-state index contributed by atoms with van der Waals surface area (Å²) in [7, 11) is 0. The maximum Gasteiger partial charge on any atom is 0.411 e. The topological polar surface area (TPSA) is 47.6 Å². The van der Waals surface area contributed by atoms with Gasteiger partial charge in [-0.05, 0) is 96.6 Å². The summed E-state index contributed by atoms with van der Waals surface area (Å²) in [4.78, 5) is 8.01. The molecule has 0 aliphatic rings. The van der Waals surface area contributed by atoms with E-state index in [1.165, 1.54) is 0 Å². The summed E-state index contributed by atoms with van der Waals surface area (Å²) in [6.07, 6.45) is -5.64. The van der Waals surface area contributed by atoms with Crippen molar-refractivity contribution in [1.29, 1.82) is 0 Å². The fourth-order valence-corrected chi connectivity index (χ4v) is 5.80. The molecule has 0 bridgehead atoms. The van der Waals surface area contributed by atoms with Crippen LogP contribution in [0.5, 0.6) is 5.75 Å². The molecular weight excluding hydrogens is 630 g/mol. The lowest BCUT2D eigenvalue weighted by Gasteiger charge is -2.38. The van der Waals surface area contributed by atoms with Crippen LogP contribution in [0.1, 0.15) is 67.3 Å². The van der Waals surface area contributed by atoms with Gasteiger partial charge in [-0.1, -0.05) is 75.2 Å². The van der Waals surface area contributed by atoms with E-state index in [4.69, 9.17) is 9.15 Å². The van der Waals surface area contributed by atoms with Crippen LogP contribution in [0.3, 0.4) is 0 Å². The number of unbranched alkanes of at least 4 members (excludes halogenated alkanes) is 2. The summed E-state index contributed by atoms with van der Waals surface area (Å²) in [5, 5.41) is 0. The lowest BCUT2D eigenvalue weighted by Crippen LogP contribution is -2.54. The molecule has 0 saturated heterocycles. The summed E-state index contributed by atoms with van der Waals surface area (Å²) < 4.78 is 102. The van der Waals surface area contributed by atoms with Gasteiger partial charge in [0.1, 0.15) is 23.6 Å². The van der Waals surface area contributed by atoms with Crippen LogP contribution in [0.15, 0.2) is 94.3 Å². The van der Waals surface area contributed by atoms with Crippen molar-refractivity contribution in [2.45, 2.75) is 76.7 Å². The highest BCUT2D eigenvalue weighted by Gasteiger charge is 2.72. The van der Waals surface area contributed by atoms with Crippen LogP contribution in [0.25, 0.3) is 22.6 Å². The molecule has 48 heavy (non-hydrogen) atoms. The number of aliphatic imine (C=N–C) groups is 1. The lowest BCUT2D eigenvalue weighted by molar-refractivity contribution is -0.288. The van der Waals surface area contributed by atoms with Gasteiger partial charge in [-0.2, -0.15) is 26.3 Å². The second-order valence-electron chi connectivity index (χ2n) is 11.8. The molecule has 1 aromatic heterocycles.